The molecule has 1 aliphatic heterocycles. The van der Waals surface area contributed by atoms with Crippen molar-refractivity contribution >= 4 is 15.7 Å². The van der Waals surface area contributed by atoms with Crippen molar-refractivity contribution in [2.75, 3.05) is 18.6 Å². The van der Waals surface area contributed by atoms with Crippen molar-refractivity contribution < 1.29 is 17.9 Å². The normalized spacial score (nSPS) is 20.4. The summed E-state index contributed by atoms with van der Waals surface area (Å²) < 4.78 is 27.9. The summed E-state index contributed by atoms with van der Waals surface area (Å²) in [6.07, 6.45) is 1.77. The Balaban J connectivity index is 1.96. The van der Waals surface area contributed by atoms with E-state index < -0.39 is 15.7 Å². The quantitative estimate of drug-likeness (QED) is 0.578. The van der Waals surface area contributed by atoms with Gasteiger partial charge in [-0.15, -0.1) is 0 Å². The van der Waals surface area contributed by atoms with Crippen LogP contribution in [-0.4, -0.2) is 39.0 Å². The second-order valence-corrected chi connectivity index (χ2v) is 8.13. The molecule has 0 aliphatic carbocycles. The molecule has 0 saturated carbocycles. The van der Waals surface area contributed by atoms with Crippen molar-refractivity contribution in [3.63, 3.8) is 0 Å². The minimum Gasteiger partial charge on any atom is -0.497 e. The lowest BCUT2D eigenvalue weighted by atomic mass is 10.1. The zero-order chi connectivity index (χ0) is 18.4. The van der Waals surface area contributed by atoms with Crippen LogP contribution < -0.4 is 15.4 Å². The van der Waals surface area contributed by atoms with Crippen molar-refractivity contribution in [2.24, 2.45) is 0 Å². The molecule has 0 bridgehead atoms. The summed E-state index contributed by atoms with van der Waals surface area (Å²) in [4.78, 5) is 12.2. The van der Waals surface area contributed by atoms with E-state index in [2.05, 4.69) is 10.6 Å². The van der Waals surface area contributed by atoms with Gasteiger partial charge in [-0.1, -0.05) is 12.1 Å². The smallest absolute Gasteiger partial charge is 0.263 e. The Hall–Kier alpha value is -2.53. The standard InChI is InChI=1S/C17H21N3O4S/c1-12(13-3-5-16(24-2)6-4-13)20-17(21)14(9-18)10-19-15-7-8-25(22,23)11-15/h3-6,10,12,15,19H,7-8,11H2,1-2H3,(H,20,21)/b14-10-. The maximum atomic E-state index is 12.2. The number of carbonyl (C=O) groups excluding carboxylic acids is 1. The number of ether oxygens (including phenoxy) is 1. The average molecular weight is 363 g/mol. The fourth-order valence-electron chi connectivity index (χ4n) is 2.53. The summed E-state index contributed by atoms with van der Waals surface area (Å²) >= 11 is 0. The van der Waals surface area contributed by atoms with E-state index >= 15 is 0 Å². The van der Waals surface area contributed by atoms with Crippen LogP contribution in [0.2, 0.25) is 0 Å². The highest BCUT2D eigenvalue weighted by molar-refractivity contribution is 7.91. The van der Waals surface area contributed by atoms with Crippen LogP contribution in [-0.2, 0) is 14.6 Å². The molecule has 25 heavy (non-hydrogen) atoms. The van der Waals surface area contributed by atoms with Crippen LogP contribution in [0.25, 0.3) is 0 Å². The number of nitriles is 1. The second-order valence-electron chi connectivity index (χ2n) is 5.90. The molecule has 1 aliphatic rings. The van der Waals surface area contributed by atoms with Crippen LogP contribution in [0.15, 0.2) is 36.0 Å². The first kappa shape index (κ1) is 18.8. The molecule has 0 aromatic heterocycles. The summed E-state index contributed by atoms with van der Waals surface area (Å²) in [7, 11) is -1.44. The number of carbonyl (C=O) groups is 1. The van der Waals surface area contributed by atoms with Gasteiger partial charge in [0.25, 0.3) is 5.91 Å². The molecule has 134 valence electrons. The topological polar surface area (TPSA) is 108 Å². The van der Waals surface area contributed by atoms with Crippen molar-refractivity contribution in [3.05, 3.63) is 41.6 Å². The number of nitrogens with one attached hydrogen (secondary N) is 2. The Kier molecular flexibility index (Phi) is 6.04. The summed E-state index contributed by atoms with van der Waals surface area (Å²) in [5, 5.41) is 14.8. The van der Waals surface area contributed by atoms with Crippen LogP contribution >= 0.6 is 0 Å². The van der Waals surface area contributed by atoms with Crippen LogP contribution in [0, 0.1) is 11.3 Å². The van der Waals surface area contributed by atoms with E-state index in [4.69, 9.17) is 4.74 Å². The van der Waals surface area contributed by atoms with Gasteiger partial charge >= 0.3 is 0 Å². The van der Waals surface area contributed by atoms with Gasteiger partial charge in [-0.3, -0.25) is 4.79 Å². The summed E-state index contributed by atoms with van der Waals surface area (Å²) in [6, 6.07) is 8.54. The number of benzene rings is 1. The molecule has 1 amide bonds. The van der Waals surface area contributed by atoms with Crippen molar-refractivity contribution in [1.82, 2.24) is 10.6 Å². The summed E-state index contributed by atoms with van der Waals surface area (Å²) in [5.41, 5.74) is 0.783. The van der Waals surface area contributed by atoms with Crippen molar-refractivity contribution in [3.8, 4) is 11.8 Å². The number of methoxy groups -OCH3 is 1. The first-order valence-electron chi connectivity index (χ1n) is 7.86. The van der Waals surface area contributed by atoms with E-state index in [9.17, 15) is 18.5 Å². The number of rotatable bonds is 6. The SMILES string of the molecule is COc1ccc(C(C)NC(=O)/C(C#N)=C\NC2CCS(=O)(=O)C2)cc1. The second kappa shape index (κ2) is 8.03. The Labute approximate surface area is 147 Å². The monoisotopic (exact) mass is 363 g/mol. The fraction of sp³-hybridized carbons (Fsp3) is 0.412. The van der Waals surface area contributed by atoms with E-state index in [0.717, 1.165) is 11.3 Å². The largest absolute Gasteiger partial charge is 0.497 e. The van der Waals surface area contributed by atoms with Gasteiger partial charge in [0.2, 0.25) is 0 Å². The fourth-order valence-corrected chi connectivity index (χ4v) is 4.21. The third kappa shape index (κ3) is 5.22. The number of hydrogen-bond acceptors (Lipinski definition) is 6. The maximum Gasteiger partial charge on any atom is 0.263 e. The lowest BCUT2D eigenvalue weighted by Crippen LogP contribution is -2.30. The molecule has 1 saturated heterocycles. The minimum absolute atomic E-state index is 0.0199. The maximum absolute atomic E-state index is 12.2. The molecule has 2 atom stereocenters. The lowest BCUT2D eigenvalue weighted by Gasteiger charge is -2.15. The number of amides is 1. The molecule has 0 spiro atoms. The van der Waals surface area contributed by atoms with E-state index in [-0.39, 0.29) is 29.2 Å². The first-order valence-corrected chi connectivity index (χ1v) is 9.68. The molecule has 1 aromatic rings. The van der Waals surface area contributed by atoms with E-state index in [1.54, 1.807) is 19.2 Å². The highest BCUT2D eigenvalue weighted by atomic mass is 32.2. The predicted octanol–water partition coefficient (Wildman–Crippen LogP) is 1.06. The Morgan fingerprint density at radius 3 is 2.60 bits per heavy atom. The minimum atomic E-state index is -3.02. The zero-order valence-electron chi connectivity index (χ0n) is 14.2. The number of nitrogens with zero attached hydrogens (tertiary/aromatic N) is 1. The molecule has 1 fully saturated rings. The van der Waals surface area contributed by atoms with Gasteiger partial charge in [-0.25, -0.2) is 8.42 Å². The third-order valence-corrected chi connectivity index (χ3v) is 5.79. The average Bonchev–Trinajstić information content (AvgIpc) is 2.94. The van der Waals surface area contributed by atoms with E-state index in [1.165, 1.54) is 6.20 Å². The molecular formula is C17H21N3O4S. The number of sulfone groups is 1. The van der Waals surface area contributed by atoms with Gasteiger partial charge in [0.1, 0.15) is 17.4 Å². The van der Waals surface area contributed by atoms with Gasteiger partial charge in [-0.2, -0.15) is 5.26 Å². The molecule has 1 aromatic carbocycles. The van der Waals surface area contributed by atoms with Gasteiger partial charge < -0.3 is 15.4 Å². The summed E-state index contributed by atoms with van der Waals surface area (Å²) in [5.74, 6) is 0.349. The number of hydrogen-bond donors (Lipinski definition) is 2. The summed E-state index contributed by atoms with van der Waals surface area (Å²) in [6.45, 7) is 1.81. The molecule has 2 unspecified atom stereocenters. The molecule has 2 N–H and O–H groups in total. The molecule has 2 rings (SSSR count). The first-order chi connectivity index (χ1) is 11.8. The van der Waals surface area contributed by atoms with E-state index in [0.29, 0.717) is 6.42 Å². The molecular weight excluding hydrogens is 342 g/mol. The Morgan fingerprint density at radius 1 is 1.40 bits per heavy atom. The zero-order valence-corrected chi connectivity index (χ0v) is 15.0. The van der Waals surface area contributed by atoms with Gasteiger partial charge in [0, 0.05) is 12.2 Å². The van der Waals surface area contributed by atoms with Crippen molar-refractivity contribution in [2.45, 2.75) is 25.4 Å². The molecule has 0 radical (unpaired) electrons. The molecule has 1 heterocycles. The van der Waals surface area contributed by atoms with E-state index in [1.807, 2.05) is 25.1 Å². The highest BCUT2D eigenvalue weighted by Gasteiger charge is 2.27. The van der Waals surface area contributed by atoms with Gasteiger partial charge in [0.05, 0.1) is 24.7 Å². The lowest BCUT2D eigenvalue weighted by molar-refractivity contribution is -0.117. The molecule has 8 heteroatoms. The molecule has 7 nitrogen and oxygen atoms in total. The van der Waals surface area contributed by atoms with Crippen LogP contribution in [0.3, 0.4) is 0 Å². The Morgan fingerprint density at radius 2 is 2.08 bits per heavy atom. The van der Waals surface area contributed by atoms with Crippen molar-refractivity contribution in [1.29, 1.82) is 5.26 Å². The predicted molar refractivity (Wildman–Crippen MR) is 93.4 cm³/mol. The van der Waals surface area contributed by atoms with Gasteiger partial charge in [-0.05, 0) is 31.0 Å². The van der Waals surface area contributed by atoms with Crippen LogP contribution in [0.4, 0.5) is 0 Å². The highest BCUT2D eigenvalue weighted by Crippen LogP contribution is 2.17. The van der Waals surface area contributed by atoms with Gasteiger partial charge in [0.15, 0.2) is 9.84 Å². The van der Waals surface area contributed by atoms with Crippen LogP contribution in [0.1, 0.15) is 24.9 Å². The Bertz CT molecular complexity index is 794. The third-order valence-electron chi connectivity index (χ3n) is 4.02. The van der Waals surface area contributed by atoms with Crippen LogP contribution in [0.5, 0.6) is 5.75 Å².